The molecule has 0 aromatic heterocycles. The molecule has 0 saturated carbocycles. The quantitative estimate of drug-likeness (QED) is 0.00689. The van der Waals surface area contributed by atoms with Gasteiger partial charge in [-0.05, 0) is 133 Å². The molecule has 4 N–H and O–H groups in total. The van der Waals surface area contributed by atoms with Crippen LogP contribution in [0.15, 0.2) is 151 Å². The summed E-state index contributed by atoms with van der Waals surface area (Å²) in [5, 5.41) is 41.9. The Morgan fingerprint density at radius 3 is 2.08 bits per heavy atom. The van der Waals surface area contributed by atoms with Gasteiger partial charge >= 0.3 is 5.97 Å². The summed E-state index contributed by atoms with van der Waals surface area (Å²) in [5.41, 5.74) is 6.47. The van der Waals surface area contributed by atoms with Crippen LogP contribution in [0.5, 0.6) is 0 Å². The number of carbonyl (C=O) groups is 3. The van der Waals surface area contributed by atoms with Crippen molar-refractivity contribution in [2.45, 2.75) is 116 Å². The van der Waals surface area contributed by atoms with Crippen LogP contribution in [0.1, 0.15) is 96.6 Å². The van der Waals surface area contributed by atoms with Gasteiger partial charge in [0.05, 0.1) is 27.2 Å². The van der Waals surface area contributed by atoms with Crippen LogP contribution in [0.2, 0.25) is 0 Å². The van der Waals surface area contributed by atoms with Crippen LogP contribution >= 0.6 is 47.9 Å². The monoisotopic (exact) mass is 1310 g/mol. The highest BCUT2D eigenvalue weighted by Gasteiger charge is 2.46. The first kappa shape index (κ1) is 66.0. The Morgan fingerprint density at radius 2 is 1.39 bits per heavy atom. The molecule has 5 aromatic rings. The Bertz CT molecular complexity index is 3830. The van der Waals surface area contributed by atoms with E-state index in [0.717, 1.165) is 113 Å². The molecule has 5 aromatic carbocycles. The number of hydrogen-bond acceptors (Lipinski definition) is 22. The highest BCUT2D eigenvalue weighted by molar-refractivity contribution is 8.03. The van der Waals surface area contributed by atoms with Crippen LogP contribution in [-0.4, -0.2) is 113 Å². The van der Waals surface area contributed by atoms with Gasteiger partial charge in [-0.1, -0.05) is 83.2 Å². The number of anilines is 1. The maximum absolute atomic E-state index is 14.5. The maximum Gasteiger partial charge on any atom is 0.333 e. The number of allylic oxidation sites excluding steroid dienone is 7. The van der Waals surface area contributed by atoms with Crippen molar-refractivity contribution in [2.24, 2.45) is 0 Å². The van der Waals surface area contributed by atoms with E-state index >= 15 is 0 Å². The molecule has 0 unspecified atom stereocenters. The summed E-state index contributed by atoms with van der Waals surface area (Å²) >= 11 is 4.30. The SMILES string of the molecule is CN(CCCC(=O)ON1C(=O)CCC1=O)S(=O)(=O)c1cccc2c3c(ccc12)N(CCCSOOO)C(=CC=C1CCCC(C=CC2=[N+](CCCSOOO)c4ccc5c(SOOO)cccc5c4C2(C)C)=C1Sc1ccc(S(=O)(=O)O)cc1)C3(C)C. The van der Waals surface area contributed by atoms with Gasteiger partial charge in [-0.2, -0.15) is 13.0 Å². The van der Waals surface area contributed by atoms with E-state index in [4.69, 9.17) is 33.6 Å². The smallest absolute Gasteiger partial charge is 0.333 e. The lowest BCUT2D eigenvalue weighted by Crippen LogP contribution is -2.32. The third-order valence-electron chi connectivity index (χ3n) is 15.7. The largest absolute Gasteiger partial charge is 0.344 e. The highest BCUT2D eigenvalue weighted by Crippen LogP contribution is 2.53. The maximum atomic E-state index is 14.5. The Hall–Kier alpha value is -5.48. The number of sulfonamides is 1. The van der Waals surface area contributed by atoms with E-state index < -0.39 is 48.8 Å². The van der Waals surface area contributed by atoms with Gasteiger partial charge in [-0.25, -0.2) is 33.3 Å². The molecule has 28 heteroatoms. The first-order chi connectivity index (χ1) is 41.6. The van der Waals surface area contributed by atoms with Crippen molar-refractivity contribution < 1.29 is 89.1 Å². The molecular weight excluding hydrogens is 1250 g/mol. The van der Waals surface area contributed by atoms with Crippen LogP contribution in [-0.2, 0) is 78.3 Å². The second-order valence-corrected chi connectivity index (χ2v) is 28.6. The molecule has 3 heterocycles. The van der Waals surface area contributed by atoms with E-state index in [1.807, 2.05) is 30.3 Å². The fourth-order valence-electron chi connectivity index (χ4n) is 11.7. The molecule has 464 valence electrons. The average molecular weight is 1310 g/mol. The predicted octanol–water partition coefficient (Wildman–Crippen LogP) is 12.4. The summed E-state index contributed by atoms with van der Waals surface area (Å²) in [7, 11) is -7.20. The van der Waals surface area contributed by atoms with Gasteiger partial charge in [0.25, 0.3) is 21.9 Å². The lowest BCUT2D eigenvalue weighted by molar-refractivity contribution is -0.438. The molecule has 2 amide bonds. The molecule has 4 aliphatic rings. The number of rotatable bonds is 28. The molecule has 0 bridgehead atoms. The van der Waals surface area contributed by atoms with Crippen LogP contribution in [0.25, 0.3) is 21.5 Å². The zero-order valence-corrected chi connectivity index (χ0v) is 52.9. The Morgan fingerprint density at radius 1 is 0.724 bits per heavy atom. The van der Waals surface area contributed by atoms with Gasteiger partial charge in [0, 0.05) is 136 Å². The average Bonchev–Trinajstić information content (AvgIpc) is 1.64. The van der Waals surface area contributed by atoms with Crippen LogP contribution in [0, 0.1) is 0 Å². The number of carbonyl (C=O) groups excluding carboxylic acids is 3. The molecule has 1 saturated heterocycles. The van der Waals surface area contributed by atoms with Crippen molar-refractivity contribution in [3.05, 3.63) is 142 Å². The van der Waals surface area contributed by atoms with E-state index in [2.05, 4.69) is 88.7 Å². The van der Waals surface area contributed by atoms with E-state index in [0.29, 0.717) is 66.1 Å². The minimum absolute atomic E-state index is 0.0502. The molecule has 0 spiro atoms. The molecule has 3 aliphatic heterocycles. The summed E-state index contributed by atoms with van der Waals surface area (Å²) < 4.78 is 81.0. The normalized spacial score (nSPS) is 17.9. The van der Waals surface area contributed by atoms with Crippen LogP contribution < -0.4 is 4.90 Å². The topological polar surface area (TPSA) is 278 Å². The van der Waals surface area contributed by atoms with Gasteiger partial charge < -0.3 is 9.74 Å². The fourth-order valence-corrected chi connectivity index (χ4v) is 16.0. The third-order valence-corrected chi connectivity index (χ3v) is 21.6. The second kappa shape index (κ2) is 28.6. The summed E-state index contributed by atoms with van der Waals surface area (Å²) in [5.74, 6) is -1.10. The Kier molecular flexibility index (Phi) is 21.7. The number of thioether (sulfide) groups is 1. The molecule has 1 aliphatic carbocycles. The minimum atomic E-state index is -4.47. The first-order valence-electron chi connectivity index (χ1n) is 27.6. The Labute approximate surface area is 520 Å². The number of amides is 2. The predicted molar refractivity (Wildman–Crippen MR) is 330 cm³/mol. The van der Waals surface area contributed by atoms with E-state index in [1.165, 1.54) is 35.2 Å². The molecule has 0 radical (unpaired) electrons. The number of imide groups is 1. The minimum Gasteiger partial charge on any atom is -0.344 e. The molecule has 22 nitrogen and oxygen atoms in total. The second-order valence-electron chi connectivity index (χ2n) is 21.7. The first-order valence-corrected chi connectivity index (χ1v) is 33.9. The van der Waals surface area contributed by atoms with Gasteiger partial charge in [-0.3, -0.25) is 14.1 Å². The highest BCUT2D eigenvalue weighted by atomic mass is 32.2. The Balaban J connectivity index is 1.10. The molecule has 0 atom stereocenters. The van der Waals surface area contributed by atoms with Crippen LogP contribution in [0.3, 0.4) is 0 Å². The molecule has 87 heavy (non-hydrogen) atoms. The standard InChI is InChI=1S/C59H64N4O18S6/c1-58(2)50(61(34-10-36-82-79-76-67)46-27-25-42-44(55(46)58)14-7-16-48(42)85-81-78-69)29-19-38-12-6-13-39(57(38)84-40-21-23-41(24-22-40)87(72,73)74)20-30-51-59(3,4)56-45-15-8-17-49(43(45)26-28-47(56)62(51)35-11-37-83-80-77-68)86(70,71)60(5)33-9-18-54(66)75-63-52(64)31-32-53(63)65/h7-8,14-17,19-30H,6,9-13,18,31-37H2,1-5H3,(H3-,67,68,69,72,73,74)/p+1. The van der Waals surface area contributed by atoms with Crippen molar-refractivity contribution in [1.82, 2.24) is 9.37 Å². The third kappa shape index (κ3) is 14.4. The van der Waals surface area contributed by atoms with Crippen molar-refractivity contribution in [1.29, 1.82) is 0 Å². The van der Waals surface area contributed by atoms with Crippen molar-refractivity contribution in [3.63, 3.8) is 0 Å². The van der Waals surface area contributed by atoms with Gasteiger partial charge in [-0.15, -0.1) is 18.1 Å². The van der Waals surface area contributed by atoms with Crippen molar-refractivity contribution >= 4 is 124 Å². The summed E-state index contributed by atoms with van der Waals surface area (Å²) in [6.07, 6.45) is 11.7. The van der Waals surface area contributed by atoms with Crippen molar-refractivity contribution in [3.8, 4) is 0 Å². The van der Waals surface area contributed by atoms with E-state index in [9.17, 15) is 35.8 Å². The molecule has 9 rings (SSSR count). The van der Waals surface area contributed by atoms with Crippen LogP contribution in [0.4, 0.5) is 11.4 Å². The number of hydroxylamine groups is 2. The fraction of sp³-hybridized carbons (Fsp3) is 0.356. The lowest BCUT2D eigenvalue weighted by atomic mass is 9.78. The number of fused-ring (bicyclic) bond motifs is 6. The zero-order valence-electron chi connectivity index (χ0n) is 48.0. The van der Waals surface area contributed by atoms with E-state index in [-0.39, 0.29) is 42.0 Å². The van der Waals surface area contributed by atoms with Gasteiger partial charge in [0.1, 0.15) is 6.54 Å². The molecular formula is C59H65N4O18S6+. The van der Waals surface area contributed by atoms with E-state index in [1.54, 1.807) is 30.3 Å². The van der Waals surface area contributed by atoms with Gasteiger partial charge in [0.15, 0.2) is 5.71 Å². The molecule has 1 fully saturated rings. The zero-order chi connectivity index (χ0) is 62.3. The number of benzene rings is 5. The van der Waals surface area contributed by atoms with Crippen molar-refractivity contribution in [2.75, 3.05) is 43.1 Å². The number of hydrogen-bond donors (Lipinski definition) is 4. The number of nitrogens with zero attached hydrogens (tertiary/aromatic N) is 4. The summed E-state index contributed by atoms with van der Waals surface area (Å²) in [4.78, 5) is 46.0. The van der Waals surface area contributed by atoms with Gasteiger partial charge in [0.2, 0.25) is 15.7 Å². The summed E-state index contributed by atoms with van der Waals surface area (Å²) in [6.45, 7) is 9.54. The summed E-state index contributed by atoms with van der Waals surface area (Å²) in [6, 6.07) is 24.9. The lowest BCUT2D eigenvalue weighted by Gasteiger charge is -2.28.